The minimum atomic E-state index is -0.935. The zero-order valence-corrected chi connectivity index (χ0v) is 20.6. The number of hydrogen-bond acceptors (Lipinski definition) is 7. The van der Waals surface area contributed by atoms with Gasteiger partial charge in [0, 0.05) is 15.7 Å². The zero-order valence-electron chi connectivity index (χ0n) is 19.0. The number of nitrogens with one attached hydrogen (secondary N) is 3. The van der Waals surface area contributed by atoms with Gasteiger partial charge < -0.3 is 24.5 Å². The first kappa shape index (κ1) is 26.6. The SMILES string of the molecule is CCOc1cc(/C=N\NC(=O)C(=O)NCc2ccco2)ccc1OCC(=O)Nc1cc(Cl)cc(Cl)c1. The molecular formula is C24H22Cl2N4O6. The van der Waals surface area contributed by atoms with E-state index >= 15 is 0 Å². The van der Waals surface area contributed by atoms with Crippen LogP contribution in [0.15, 0.2) is 64.3 Å². The van der Waals surface area contributed by atoms with Gasteiger partial charge in [0.1, 0.15) is 5.76 Å². The highest BCUT2D eigenvalue weighted by molar-refractivity contribution is 6.35. The van der Waals surface area contributed by atoms with Gasteiger partial charge in [-0.2, -0.15) is 5.10 Å². The molecule has 2 aromatic carbocycles. The van der Waals surface area contributed by atoms with E-state index in [-0.39, 0.29) is 13.2 Å². The number of furan rings is 1. The molecule has 10 nitrogen and oxygen atoms in total. The van der Waals surface area contributed by atoms with Crippen LogP contribution in [-0.4, -0.2) is 37.1 Å². The van der Waals surface area contributed by atoms with Crippen LogP contribution in [0.5, 0.6) is 11.5 Å². The molecular weight excluding hydrogens is 511 g/mol. The van der Waals surface area contributed by atoms with Gasteiger partial charge in [-0.15, -0.1) is 0 Å². The van der Waals surface area contributed by atoms with Gasteiger partial charge in [-0.3, -0.25) is 14.4 Å². The van der Waals surface area contributed by atoms with Crippen molar-refractivity contribution in [2.75, 3.05) is 18.5 Å². The number of benzene rings is 2. The van der Waals surface area contributed by atoms with Crippen molar-refractivity contribution in [1.29, 1.82) is 0 Å². The van der Waals surface area contributed by atoms with Gasteiger partial charge in [0.2, 0.25) is 0 Å². The molecule has 0 spiro atoms. The van der Waals surface area contributed by atoms with Crippen LogP contribution in [-0.2, 0) is 20.9 Å². The van der Waals surface area contributed by atoms with Gasteiger partial charge in [-0.05, 0) is 61.0 Å². The summed E-state index contributed by atoms with van der Waals surface area (Å²) in [5.74, 6) is -1.01. The Hall–Kier alpha value is -4.02. The van der Waals surface area contributed by atoms with E-state index in [2.05, 4.69) is 21.2 Å². The number of carbonyl (C=O) groups excluding carboxylic acids is 3. The third-order valence-electron chi connectivity index (χ3n) is 4.36. The first-order chi connectivity index (χ1) is 17.3. The standard InChI is InChI=1S/C24H22Cl2N4O6/c1-2-34-21-8-15(12-28-30-24(33)23(32)27-13-19-4-3-7-35-19)5-6-20(21)36-14-22(31)29-18-10-16(25)9-17(26)11-18/h3-12H,2,13-14H2,1H3,(H,27,32)(H,29,31)(H,30,33)/b28-12-. The molecule has 0 bridgehead atoms. The molecule has 0 aliphatic rings. The average Bonchev–Trinajstić information content (AvgIpc) is 3.35. The molecule has 3 rings (SSSR count). The smallest absolute Gasteiger partial charge is 0.329 e. The van der Waals surface area contributed by atoms with Crippen LogP contribution >= 0.6 is 23.2 Å². The number of ether oxygens (including phenoxy) is 2. The molecule has 36 heavy (non-hydrogen) atoms. The summed E-state index contributed by atoms with van der Waals surface area (Å²) in [6.45, 7) is 1.92. The number of carbonyl (C=O) groups is 3. The van der Waals surface area contributed by atoms with Crippen LogP contribution in [0, 0.1) is 0 Å². The maximum Gasteiger partial charge on any atom is 0.329 e. The second-order valence-corrected chi connectivity index (χ2v) is 7.97. The fourth-order valence-corrected chi connectivity index (χ4v) is 3.36. The molecule has 1 aromatic heterocycles. The molecule has 0 aliphatic carbocycles. The number of hydrogen-bond donors (Lipinski definition) is 3. The van der Waals surface area contributed by atoms with Gasteiger partial charge in [0.25, 0.3) is 5.91 Å². The van der Waals surface area contributed by atoms with Crippen molar-refractivity contribution >= 4 is 52.8 Å². The highest BCUT2D eigenvalue weighted by Crippen LogP contribution is 2.28. The lowest BCUT2D eigenvalue weighted by atomic mass is 10.2. The number of hydrazone groups is 1. The van der Waals surface area contributed by atoms with Gasteiger partial charge in [0.05, 0.1) is 25.6 Å². The summed E-state index contributed by atoms with van der Waals surface area (Å²) in [5.41, 5.74) is 3.14. The topological polar surface area (TPSA) is 131 Å². The second-order valence-electron chi connectivity index (χ2n) is 7.10. The van der Waals surface area contributed by atoms with Gasteiger partial charge in [-0.1, -0.05) is 23.2 Å². The van der Waals surface area contributed by atoms with Crippen LogP contribution in [0.2, 0.25) is 10.0 Å². The first-order valence-electron chi connectivity index (χ1n) is 10.6. The molecule has 188 valence electrons. The Balaban J connectivity index is 1.53. The van der Waals surface area contributed by atoms with Crippen LogP contribution < -0.4 is 25.5 Å². The summed E-state index contributed by atoms with van der Waals surface area (Å²) in [6.07, 6.45) is 2.80. The fraction of sp³-hybridized carbons (Fsp3) is 0.167. The third-order valence-corrected chi connectivity index (χ3v) is 4.80. The summed E-state index contributed by atoms with van der Waals surface area (Å²) in [5, 5.41) is 9.62. The third kappa shape index (κ3) is 8.33. The predicted molar refractivity (Wildman–Crippen MR) is 134 cm³/mol. The molecule has 0 unspecified atom stereocenters. The molecule has 0 saturated heterocycles. The molecule has 1 heterocycles. The summed E-state index contributed by atoms with van der Waals surface area (Å²) in [7, 11) is 0. The number of amides is 3. The van der Waals surface area contributed by atoms with Crippen LogP contribution in [0.4, 0.5) is 5.69 Å². The molecule has 3 N–H and O–H groups in total. The summed E-state index contributed by atoms with van der Waals surface area (Å²) in [6, 6.07) is 12.9. The average molecular weight is 533 g/mol. The minimum absolute atomic E-state index is 0.0764. The highest BCUT2D eigenvalue weighted by Gasteiger charge is 2.13. The molecule has 0 aliphatic heterocycles. The molecule has 0 fully saturated rings. The molecule has 0 saturated carbocycles. The largest absolute Gasteiger partial charge is 0.490 e. The van der Waals surface area contributed by atoms with Gasteiger partial charge in [0.15, 0.2) is 18.1 Å². The second kappa shape index (κ2) is 13.2. The number of anilines is 1. The van der Waals surface area contributed by atoms with E-state index in [4.69, 9.17) is 37.1 Å². The summed E-state index contributed by atoms with van der Waals surface area (Å²) in [4.78, 5) is 35.9. The Morgan fingerprint density at radius 1 is 1.00 bits per heavy atom. The lowest BCUT2D eigenvalue weighted by Gasteiger charge is -2.13. The lowest BCUT2D eigenvalue weighted by molar-refractivity contribution is -0.139. The highest BCUT2D eigenvalue weighted by atomic mass is 35.5. The Labute approximate surface area is 216 Å². The Bertz CT molecular complexity index is 1230. The minimum Gasteiger partial charge on any atom is -0.490 e. The van der Waals surface area contributed by atoms with Crippen molar-refractivity contribution in [1.82, 2.24) is 10.7 Å². The number of nitrogens with zero attached hydrogens (tertiary/aromatic N) is 1. The van der Waals surface area contributed by atoms with E-state index in [1.807, 2.05) is 0 Å². The maximum absolute atomic E-state index is 12.3. The van der Waals surface area contributed by atoms with E-state index in [0.29, 0.717) is 45.2 Å². The van der Waals surface area contributed by atoms with E-state index < -0.39 is 17.7 Å². The van der Waals surface area contributed by atoms with Crippen LogP contribution in [0.25, 0.3) is 0 Å². The van der Waals surface area contributed by atoms with Crippen molar-refractivity contribution in [3.05, 3.63) is 76.2 Å². The Morgan fingerprint density at radius 2 is 1.78 bits per heavy atom. The lowest BCUT2D eigenvalue weighted by Crippen LogP contribution is -2.37. The maximum atomic E-state index is 12.3. The van der Waals surface area contributed by atoms with Crippen molar-refractivity contribution < 1.29 is 28.3 Å². The van der Waals surface area contributed by atoms with Crippen LogP contribution in [0.1, 0.15) is 18.2 Å². The fourth-order valence-electron chi connectivity index (χ4n) is 2.84. The molecule has 0 radical (unpaired) electrons. The van der Waals surface area contributed by atoms with Crippen molar-refractivity contribution in [2.24, 2.45) is 5.10 Å². The Morgan fingerprint density at radius 3 is 2.47 bits per heavy atom. The molecule has 3 amide bonds. The van der Waals surface area contributed by atoms with E-state index in [1.165, 1.54) is 12.5 Å². The first-order valence-corrected chi connectivity index (χ1v) is 11.4. The van der Waals surface area contributed by atoms with E-state index in [9.17, 15) is 14.4 Å². The van der Waals surface area contributed by atoms with Crippen LogP contribution in [0.3, 0.4) is 0 Å². The summed E-state index contributed by atoms with van der Waals surface area (Å²) >= 11 is 11.9. The molecule has 0 atom stereocenters. The van der Waals surface area contributed by atoms with Gasteiger partial charge in [-0.25, -0.2) is 5.43 Å². The number of rotatable bonds is 10. The monoisotopic (exact) mass is 532 g/mol. The summed E-state index contributed by atoms with van der Waals surface area (Å²) < 4.78 is 16.3. The Kier molecular flexibility index (Phi) is 9.73. The van der Waals surface area contributed by atoms with E-state index in [0.717, 1.165) is 0 Å². The number of halogens is 2. The molecule has 12 heteroatoms. The zero-order chi connectivity index (χ0) is 25.9. The van der Waals surface area contributed by atoms with Gasteiger partial charge >= 0.3 is 11.8 Å². The molecule has 3 aromatic rings. The van der Waals surface area contributed by atoms with Crippen molar-refractivity contribution in [2.45, 2.75) is 13.5 Å². The normalized spacial score (nSPS) is 10.6. The van der Waals surface area contributed by atoms with E-state index in [1.54, 1.807) is 55.5 Å². The van der Waals surface area contributed by atoms with Crippen molar-refractivity contribution in [3.63, 3.8) is 0 Å². The predicted octanol–water partition coefficient (Wildman–Crippen LogP) is 3.77. The quantitative estimate of drug-likeness (QED) is 0.207. The van der Waals surface area contributed by atoms with Crippen molar-refractivity contribution in [3.8, 4) is 11.5 Å².